The summed E-state index contributed by atoms with van der Waals surface area (Å²) >= 11 is 0. The van der Waals surface area contributed by atoms with E-state index < -0.39 is 12.0 Å². The SMILES string of the molecule is C=N/C(C(=O)NCC(C)O)=C(/N)c1cccc(-c2cc(C)ccc2OC)c1N. The Morgan fingerprint density at radius 1 is 1.32 bits per heavy atom. The van der Waals surface area contributed by atoms with E-state index in [1.807, 2.05) is 31.2 Å². The topological polar surface area (TPSA) is 123 Å². The van der Waals surface area contributed by atoms with E-state index in [2.05, 4.69) is 17.0 Å². The number of aryl methyl sites for hydroxylation is 1. The number of ether oxygens (including phenoxy) is 1. The van der Waals surface area contributed by atoms with Crippen LogP contribution < -0.4 is 21.5 Å². The Labute approximate surface area is 164 Å². The number of carbonyl (C=O) groups excluding carboxylic acids is 1. The van der Waals surface area contributed by atoms with Crippen molar-refractivity contribution in [2.45, 2.75) is 20.0 Å². The maximum absolute atomic E-state index is 12.4. The van der Waals surface area contributed by atoms with Crippen LogP contribution >= 0.6 is 0 Å². The van der Waals surface area contributed by atoms with Crippen LogP contribution in [0.5, 0.6) is 5.75 Å². The van der Waals surface area contributed by atoms with Gasteiger partial charge in [0.15, 0.2) is 5.70 Å². The zero-order valence-corrected chi connectivity index (χ0v) is 16.3. The van der Waals surface area contributed by atoms with Crippen LogP contribution in [0.15, 0.2) is 47.1 Å². The van der Waals surface area contributed by atoms with Crippen molar-refractivity contribution in [2.75, 3.05) is 19.4 Å². The molecule has 1 amide bonds. The second kappa shape index (κ2) is 9.05. The van der Waals surface area contributed by atoms with Crippen molar-refractivity contribution in [2.24, 2.45) is 10.7 Å². The molecule has 0 saturated heterocycles. The van der Waals surface area contributed by atoms with Gasteiger partial charge in [-0.05, 0) is 32.7 Å². The molecule has 0 spiro atoms. The summed E-state index contributed by atoms with van der Waals surface area (Å²) < 4.78 is 5.46. The van der Waals surface area contributed by atoms with Crippen LogP contribution in [0.2, 0.25) is 0 Å². The molecule has 7 nitrogen and oxygen atoms in total. The number of nitrogens with zero attached hydrogens (tertiary/aromatic N) is 1. The van der Waals surface area contributed by atoms with E-state index in [1.165, 1.54) is 0 Å². The molecule has 28 heavy (non-hydrogen) atoms. The molecule has 1 unspecified atom stereocenters. The molecule has 0 bridgehead atoms. The highest BCUT2D eigenvalue weighted by Gasteiger charge is 2.18. The molecular formula is C21H26N4O3. The van der Waals surface area contributed by atoms with Gasteiger partial charge in [-0.3, -0.25) is 9.79 Å². The summed E-state index contributed by atoms with van der Waals surface area (Å²) in [5.74, 6) is 0.139. The van der Waals surface area contributed by atoms with E-state index in [0.717, 1.165) is 16.7 Å². The third kappa shape index (κ3) is 4.50. The predicted molar refractivity (Wildman–Crippen MR) is 113 cm³/mol. The molecule has 0 radical (unpaired) electrons. The molecule has 0 aliphatic carbocycles. The monoisotopic (exact) mass is 382 g/mol. The fraction of sp³-hybridized carbons (Fsp3) is 0.238. The minimum Gasteiger partial charge on any atom is -0.496 e. The maximum Gasteiger partial charge on any atom is 0.272 e. The molecule has 0 heterocycles. The first-order chi connectivity index (χ1) is 13.3. The van der Waals surface area contributed by atoms with Gasteiger partial charge in [0.1, 0.15) is 5.75 Å². The number of hydrogen-bond donors (Lipinski definition) is 4. The first-order valence-electron chi connectivity index (χ1n) is 8.76. The number of methoxy groups -OCH3 is 1. The molecular weight excluding hydrogens is 356 g/mol. The summed E-state index contributed by atoms with van der Waals surface area (Å²) in [6.45, 7) is 7.04. The van der Waals surface area contributed by atoms with Gasteiger partial charge in [0.05, 0.1) is 18.9 Å². The fourth-order valence-electron chi connectivity index (χ4n) is 2.80. The Kier molecular flexibility index (Phi) is 6.79. The van der Waals surface area contributed by atoms with Gasteiger partial charge in [0.25, 0.3) is 5.91 Å². The number of anilines is 1. The first kappa shape index (κ1) is 21.0. The van der Waals surface area contributed by atoms with Gasteiger partial charge in [0.2, 0.25) is 0 Å². The van der Waals surface area contributed by atoms with Crippen molar-refractivity contribution in [1.29, 1.82) is 0 Å². The van der Waals surface area contributed by atoms with Crippen molar-refractivity contribution >= 4 is 24.0 Å². The van der Waals surface area contributed by atoms with Crippen LogP contribution in [-0.2, 0) is 4.79 Å². The van der Waals surface area contributed by atoms with Gasteiger partial charge in [-0.25, -0.2) is 0 Å². The van der Waals surface area contributed by atoms with Gasteiger partial charge in [0, 0.05) is 28.9 Å². The standard InChI is InChI=1S/C21H26N4O3/c1-12-8-9-17(28-4)16(10-12)14-6-5-7-15(18(14)22)19(23)20(24-3)21(27)25-11-13(2)26/h5-10,13,26H,3,11,22-23H2,1-2,4H3,(H,25,27)/b20-19+. The number of aliphatic hydroxyl groups is 1. The van der Waals surface area contributed by atoms with Crippen molar-refractivity contribution < 1.29 is 14.6 Å². The first-order valence-corrected chi connectivity index (χ1v) is 8.76. The van der Waals surface area contributed by atoms with E-state index in [4.69, 9.17) is 16.2 Å². The fourth-order valence-corrected chi connectivity index (χ4v) is 2.80. The lowest BCUT2D eigenvalue weighted by atomic mass is 9.96. The summed E-state index contributed by atoms with van der Waals surface area (Å²) in [6.07, 6.45) is -0.696. The Bertz CT molecular complexity index is 920. The third-order valence-corrected chi connectivity index (χ3v) is 4.23. The lowest BCUT2D eigenvalue weighted by Gasteiger charge is -2.16. The Balaban J connectivity index is 2.56. The highest BCUT2D eigenvalue weighted by Crippen LogP contribution is 2.37. The van der Waals surface area contributed by atoms with E-state index in [1.54, 1.807) is 26.2 Å². The largest absolute Gasteiger partial charge is 0.496 e. The van der Waals surface area contributed by atoms with E-state index in [9.17, 15) is 9.90 Å². The molecule has 0 aliphatic heterocycles. The number of aliphatic imine (C=N–C) groups is 1. The van der Waals surface area contributed by atoms with Crippen LogP contribution in [0.1, 0.15) is 18.1 Å². The highest BCUT2D eigenvalue weighted by atomic mass is 16.5. The van der Waals surface area contributed by atoms with E-state index in [-0.39, 0.29) is 17.9 Å². The van der Waals surface area contributed by atoms with Crippen molar-refractivity contribution in [1.82, 2.24) is 5.32 Å². The number of nitrogen functional groups attached to an aromatic ring is 1. The van der Waals surface area contributed by atoms with Crippen molar-refractivity contribution in [3.05, 3.63) is 53.2 Å². The van der Waals surface area contributed by atoms with Crippen LogP contribution in [0.25, 0.3) is 16.8 Å². The van der Waals surface area contributed by atoms with Gasteiger partial charge in [-0.15, -0.1) is 0 Å². The van der Waals surface area contributed by atoms with Crippen LogP contribution in [0.3, 0.4) is 0 Å². The number of amides is 1. The Hall–Kier alpha value is -3.32. The van der Waals surface area contributed by atoms with Crippen LogP contribution in [-0.4, -0.2) is 37.5 Å². The summed E-state index contributed by atoms with van der Waals surface area (Å²) in [5.41, 5.74) is 16.1. The quantitative estimate of drug-likeness (QED) is 0.332. The molecule has 0 aliphatic rings. The minimum atomic E-state index is -0.696. The van der Waals surface area contributed by atoms with Crippen LogP contribution in [0.4, 0.5) is 5.69 Å². The third-order valence-electron chi connectivity index (χ3n) is 4.23. The predicted octanol–water partition coefficient (Wildman–Crippen LogP) is 2.08. The van der Waals surface area contributed by atoms with Gasteiger partial charge >= 0.3 is 0 Å². The van der Waals surface area contributed by atoms with E-state index in [0.29, 0.717) is 17.0 Å². The summed E-state index contributed by atoms with van der Waals surface area (Å²) in [5, 5.41) is 11.9. The van der Waals surface area contributed by atoms with Crippen molar-refractivity contribution in [3.8, 4) is 16.9 Å². The number of hydrogen-bond acceptors (Lipinski definition) is 6. The molecule has 0 saturated carbocycles. The lowest BCUT2D eigenvalue weighted by molar-refractivity contribution is -0.117. The molecule has 148 valence electrons. The van der Waals surface area contributed by atoms with Gasteiger partial charge in [-0.2, -0.15) is 0 Å². The number of nitrogens with one attached hydrogen (secondary N) is 1. The average molecular weight is 382 g/mol. The number of benzene rings is 2. The highest BCUT2D eigenvalue weighted by molar-refractivity contribution is 6.03. The average Bonchev–Trinajstić information content (AvgIpc) is 2.67. The second-order valence-electron chi connectivity index (χ2n) is 6.45. The van der Waals surface area contributed by atoms with Crippen LogP contribution in [0, 0.1) is 6.92 Å². The zero-order chi connectivity index (χ0) is 20.8. The number of rotatable bonds is 7. The molecule has 0 fully saturated rings. The lowest BCUT2D eigenvalue weighted by Crippen LogP contribution is -2.32. The minimum absolute atomic E-state index is 0.0549. The maximum atomic E-state index is 12.4. The second-order valence-corrected chi connectivity index (χ2v) is 6.45. The number of aliphatic hydroxyl groups excluding tert-OH is 1. The Morgan fingerprint density at radius 2 is 2.04 bits per heavy atom. The molecule has 2 aromatic carbocycles. The summed E-state index contributed by atoms with van der Waals surface area (Å²) in [6, 6.07) is 11.2. The molecule has 6 N–H and O–H groups in total. The normalized spacial score (nSPS) is 12.7. The Morgan fingerprint density at radius 3 is 2.64 bits per heavy atom. The summed E-state index contributed by atoms with van der Waals surface area (Å²) in [7, 11) is 1.59. The molecule has 2 aromatic rings. The van der Waals surface area contributed by atoms with Gasteiger partial charge in [-0.1, -0.05) is 29.8 Å². The molecule has 0 aromatic heterocycles. The number of para-hydroxylation sites is 1. The smallest absolute Gasteiger partial charge is 0.272 e. The summed E-state index contributed by atoms with van der Waals surface area (Å²) in [4.78, 5) is 16.1. The van der Waals surface area contributed by atoms with E-state index >= 15 is 0 Å². The number of carbonyl (C=O) groups is 1. The molecule has 7 heteroatoms. The molecule has 1 atom stereocenters. The van der Waals surface area contributed by atoms with Gasteiger partial charge < -0.3 is 26.6 Å². The van der Waals surface area contributed by atoms with Crippen molar-refractivity contribution in [3.63, 3.8) is 0 Å². The number of nitrogens with two attached hydrogens (primary N) is 2. The zero-order valence-electron chi connectivity index (χ0n) is 16.3. The molecule has 2 rings (SSSR count).